The van der Waals surface area contributed by atoms with Gasteiger partial charge in [0.05, 0.1) is 5.92 Å². The fourth-order valence-corrected chi connectivity index (χ4v) is 2.94. The Morgan fingerprint density at radius 1 is 1.24 bits per heavy atom. The van der Waals surface area contributed by atoms with Crippen molar-refractivity contribution < 1.29 is 19.4 Å². The van der Waals surface area contributed by atoms with E-state index in [1.54, 1.807) is 0 Å². The largest absolute Gasteiger partial charge is 0.481 e. The number of aliphatic carboxylic acids is 1. The number of carbonyl (C=O) groups excluding carboxylic acids is 1. The minimum atomic E-state index is -0.782. The molecule has 2 rings (SSSR count). The van der Waals surface area contributed by atoms with E-state index in [-0.39, 0.29) is 6.04 Å². The van der Waals surface area contributed by atoms with Gasteiger partial charge in [-0.2, -0.15) is 0 Å². The van der Waals surface area contributed by atoms with Crippen molar-refractivity contribution in [1.29, 1.82) is 0 Å². The SMILES string of the molecule is CC(C)(C)OC(=O)NC1CC(C(=O)O)CN(C2CCC2)C1. The summed E-state index contributed by atoms with van der Waals surface area (Å²) in [5.74, 6) is -1.20. The lowest BCUT2D eigenvalue weighted by atomic mass is 9.86. The summed E-state index contributed by atoms with van der Waals surface area (Å²) in [5.41, 5.74) is -0.543. The molecular formula is C15H26N2O4. The zero-order valence-electron chi connectivity index (χ0n) is 13.1. The van der Waals surface area contributed by atoms with E-state index >= 15 is 0 Å². The molecule has 120 valence electrons. The van der Waals surface area contributed by atoms with E-state index in [4.69, 9.17) is 4.74 Å². The molecule has 1 saturated carbocycles. The first kappa shape index (κ1) is 16.1. The van der Waals surface area contributed by atoms with E-state index in [0.717, 1.165) is 12.8 Å². The molecule has 1 aliphatic carbocycles. The fourth-order valence-electron chi connectivity index (χ4n) is 2.94. The van der Waals surface area contributed by atoms with E-state index < -0.39 is 23.6 Å². The third-order valence-electron chi connectivity index (χ3n) is 4.14. The van der Waals surface area contributed by atoms with Crippen LogP contribution >= 0.6 is 0 Å². The maximum Gasteiger partial charge on any atom is 0.407 e. The van der Waals surface area contributed by atoms with Crippen LogP contribution in [0.15, 0.2) is 0 Å². The molecule has 1 aliphatic heterocycles. The van der Waals surface area contributed by atoms with Crippen molar-refractivity contribution in [1.82, 2.24) is 10.2 Å². The Labute approximate surface area is 125 Å². The van der Waals surface area contributed by atoms with Gasteiger partial charge in [0, 0.05) is 25.2 Å². The number of hydrogen-bond donors (Lipinski definition) is 2. The first-order valence-electron chi connectivity index (χ1n) is 7.71. The summed E-state index contributed by atoms with van der Waals surface area (Å²) in [6, 6.07) is 0.324. The highest BCUT2D eigenvalue weighted by Crippen LogP contribution is 2.29. The zero-order valence-corrected chi connectivity index (χ0v) is 13.1. The Balaban J connectivity index is 1.93. The highest BCUT2D eigenvalue weighted by Gasteiger charge is 2.37. The van der Waals surface area contributed by atoms with Crippen LogP contribution in [0.5, 0.6) is 0 Å². The number of carboxylic acid groups (broad SMARTS) is 1. The summed E-state index contributed by atoms with van der Waals surface area (Å²) in [6.45, 7) is 6.75. The molecule has 0 bridgehead atoms. The van der Waals surface area contributed by atoms with Crippen LogP contribution in [0.4, 0.5) is 4.79 Å². The van der Waals surface area contributed by atoms with Crippen LogP contribution < -0.4 is 5.32 Å². The van der Waals surface area contributed by atoms with Gasteiger partial charge in [0.15, 0.2) is 0 Å². The van der Waals surface area contributed by atoms with Gasteiger partial charge in [0.2, 0.25) is 0 Å². The van der Waals surface area contributed by atoms with Gasteiger partial charge in [0.1, 0.15) is 5.60 Å². The number of hydrogen-bond acceptors (Lipinski definition) is 4. The fraction of sp³-hybridized carbons (Fsp3) is 0.867. The second kappa shape index (κ2) is 6.22. The average Bonchev–Trinajstić information content (AvgIpc) is 2.22. The number of nitrogens with zero attached hydrogens (tertiary/aromatic N) is 1. The highest BCUT2D eigenvalue weighted by molar-refractivity contribution is 5.71. The van der Waals surface area contributed by atoms with Crippen molar-refractivity contribution in [2.45, 2.75) is 64.1 Å². The van der Waals surface area contributed by atoms with Gasteiger partial charge in [-0.3, -0.25) is 9.69 Å². The lowest BCUT2D eigenvalue weighted by Gasteiger charge is -2.44. The number of carbonyl (C=O) groups is 2. The number of nitrogens with one attached hydrogen (secondary N) is 1. The third-order valence-corrected chi connectivity index (χ3v) is 4.14. The van der Waals surface area contributed by atoms with Crippen molar-refractivity contribution in [2.75, 3.05) is 13.1 Å². The van der Waals surface area contributed by atoms with Crippen LogP contribution in [-0.4, -0.2) is 52.8 Å². The summed E-state index contributed by atoms with van der Waals surface area (Å²) in [4.78, 5) is 25.4. The molecule has 0 radical (unpaired) electrons. The lowest BCUT2D eigenvalue weighted by Crippen LogP contribution is -2.56. The number of alkyl carbamates (subject to hydrolysis) is 1. The molecule has 1 saturated heterocycles. The van der Waals surface area contributed by atoms with E-state index in [1.165, 1.54) is 6.42 Å². The molecule has 1 heterocycles. The van der Waals surface area contributed by atoms with E-state index in [1.807, 2.05) is 20.8 Å². The predicted molar refractivity (Wildman–Crippen MR) is 78.1 cm³/mol. The number of rotatable bonds is 3. The Bertz CT molecular complexity index is 401. The monoisotopic (exact) mass is 298 g/mol. The molecule has 6 nitrogen and oxygen atoms in total. The number of piperidine rings is 1. The topological polar surface area (TPSA) is 78.9 Å². The van der Waals surface area contributed by atoms with Crippen molar-refractivity contribution in [3.05, 3.63) is 0 Å². The minimum absolute atomic E-state index is 0.157. The number of amides is 1. The molecule has 2 atom stereocenters. The summed E-state index contributed by atoms with van der Waals surface area (Å²) >= 11 is 0. The summed E-state index contributed by atoms with van der Waals surface area (Å²) < 4.78 is 5.26. The molecule has 0 aromatic carbocycles. The minimum Gasteiger partial charge on any atom is -0.481 e. The van der Waals surface area contributed by atoms with Gasteiger partial charge < -0.3 is 15.2 Å². The van der Waals surface area contributed by atoms with Crippen molar-refractivity contribution in [3.63, 3.8) is 0 Å². The Hall–Kier alpha value is -1.30. The van der Waals surface area contributed by atoms with Crippen molar-refractivity contribution >= 4 is 12.1 Å². The first-order valence-corrected chi connectivity index (χ1v) is 7.71. The Morgan fingerprint density at radius 3 is 2.38 bits per heavy atom. The van der Waals surface area contributed by atoms with Crippen LogP contribution in [0.2, 0.25) is 0 Å². The summed E-state index contributed by atoms with van der Waals surface area (Å²) in [7, 11) is 0. The molecule has 0 aromatic rings. The van der Waals surface area contributed by atoms with Gasteiger partial charge in [-0.05, 0) is 40.0 Å². The second-order valence-electron chi connectivity index (χ2n) is 7.15. The van der Waals surface area contributed by atoms with Gasteiger partial charge in [-0.1, -0.05) is 6.42 Å². The third kappa shape index (κ3) is 4.59. The van der Waals surface area contributed by atoms with Crippen LogP contribution in [-0.2, 0) is 9.53 Å². The summed E-state index contributed by atoms with van der Waals surface area (Å²) in [6.07, 6.45) is 3.48. The normalized spacial score (nSPS) is 27.8. The first-order chi connectivity index (χ1) is 9.74. The van der Waals surface area contributed by atoms with Crippen molar-refractivity contribution in [2.24, 2.45) is 5.92 Å². The standard InChI is InChI=1S/C15H26N2O4/c1-15(2,3)21-14(20)16-11-7-10(13(18)19)8-17(9-11)12-5-4-6-12/h10-12H,4-9H2,1-3H3,(H,16,20)(H,18,19). The predicted octanol–water partition coefficient (Wildman–Crippen LogP) is 1.84. The number of ether oxygens (including phenoxy) is 1. The van der Waals surface area contributed by atoms with Crippen LogP contribution in [0.1, 0.15) is 46.5 Å². The molecule has 1 amide bonds. The molecule has 2 N–H and O–H groups in total. The Kier molecular flexibility index (Phi) is 4.76. The quantitative estimate of drug-likeness (QED) is 0.831. The molecule has 21 heavy (non-hydrogen) atoms. The second-order valence-corrected chi connectivity index (χ2v) is 7.15. The lowest BCUT2D eigenvalue weighted by molar-refractivity contribution is -0.144. The average molecular weight is 298 g/mol. The maximum atomic E-state index is 11.9. The van der Waals surface area contributed by atoms with Crippen LogP contribution in [0, 0.1) is 5.92 Å². The molecule has 2 unspecified atom stereocenters. The van der Waals surface area contributed by atoms with Gasteiger partial charge in [-0.25, -0.2) is 4.79 Å². The number of likely N-dealkylation sites (tertiary alicyclic amines) is 1. The molecule has 6 heteroatoms. The van der Waals surface area contributed by atoms with E-state index in [0.29, 0.717) is 25.6 Å². The molecule has 2 fully saturated rings. The molecule has 0 spiro atoms. The molecular weight excluding hydrogens is 272 g/mol. The van der Waals surface area contributed by atoms with E-state index in [9.17, 15) is 14.7 Å². The van der Waals surface area contributed by atoms with Gasteiger partial charge >= 0.3 is 12.1 Å². The van der Waals surface area contributed by atoms with E-state index in [2.05, 4.69) is 10.2 Å². The molecule has 0 aromatic heterocycles. The van der Waals surface area contributed by atoms with Gasteiger partial charge in [0.25, 0.3) is 0 Å². The van der Waals surface area contributed by atoms with Crippen LogP contribution in [0.25, 0.3) is 0 Å². The number of carboxylic acids is 1. The van der Waals surface area contributed by atoms with Crippen LogP contribution in [0.3, 0.4) is 0 Å². The Morgan fingerprint density at radius 2 is 1.90 bits per heavy atom. The maximum absolute atomic E-state index is 11.9. The highest BCUT2D eigenvalue weighted by atomic mass is 16.6. The molecule has 2 aliphatic rings. The zero-order chi connectivity index (χ0) is 15.6. The van der Waals surface area contributed by atoms with Gasteiger partial charge in [-0.15, -0.1) is 0 Å². The van der Waals surface area contributed by atoms with Crippen molar-refractivity contribution in [3.8, 4) is 0 Å². The smallest absolute Gasteiger partial charge is 0.407 e. The summed E-state index contributed by atoms with van der Waals surface area (Å²) in [5, 5.41) is 12.1.